The minimum atomic E-state index is 0.0304. The van der Waals surface area contributed by atoms with Crippen molar-refractivity contribution in [3.63, 3.8) is 0 Å². The van der Waals surface area contributed by atoms with E-state index in [0.29, 0.717) is 6.04 Å². The second-order valence-corrected chi connectivity index (χ2v) is 7.06. The molecule has 2 aliphatic rings. The molecule has 1 atom stereocenters. The van der Waals surface area contributed by atoms with Crippen molar-refractivity contribution < 1.29 is 4.79 Å². The highest BCUT2D eigenvalue weighted by molar-refractivity contribution is 5.94. The van der Waals surface area contributed by atoms with Gasteiger partial charge in [-0.2, -0.15) is 0 Å². The molecule has 0 saturated carbocycles. The normalized spacial score (nSPS) is 23.9. The van der Waals surface area contributed by atoms with E-state index in [2.05, 4.69) is 30.2 Å². The third kappa shape index (κ3) is 2.49. The first-order valence-electron chi connectivity index (χ1n) is 7.67. The number of hydrogen-bond acceptors (Lipinski definition) is 2. The van der Waals surface area contributed by atoms with E-state index in [1.165, 1.54) is 19.4 Å². The molecule has 2 aliphatic heterocycles. The van der Waals surface area contributed by atoms with E-state index >= 15 is 0 Å². The Labute approximate surface area is 121 Å². The maximum atomic E-state index is 12.6. The first-order chi connectivity index (χ1) is 9.45. The van der Waals surface area contributed by atoms with Gasteiger partial charge in [-0.25, -0.2) is 0 Å². The van der Waals surface area contributed by atoms with Crippen molar-refractivity contribution in [3.05, 3.63) is 24.0 Å². The Balaban J connectivity index is 1.71. The van der Waals surface area contributed by atoms with Gasteiger partial charge < -0.3 is 9.47 Å². The zero-order valence-electron chi connectivity index (χ0n) is 12.8. The number of hydrogen-bond donors (Lipinski definition) is 0. The SMILES string of the molecule is CC(C)(C)n1ccc(C(=O)N2CCN3CCC[C@H]3C2)c1. The summed E-state index contributed by atoms with van der Waals surface area (Å²) in [7, 11) is 0. The first-order valence-corrected chi connectivity index (χ1v) is 7.67. The van der Waals surface area contributed by atoms with Crippen LogP contribution in [0.4, 0.5) is 0 Å². The first kappa shape index (κ1) is 13.7. The molecular weight excluding hydrogens is 250 g/mol. The number of carbonyl (C=O) groups is 1. The highest BCUT2D eigenvalue weighted by Gasteiger charge is 2.33. The van der Waals surface area contributed by atoms with Crippen LogP contribution in [0.15, 0.2) is 18.5 Å². The molecule has 3 rings (SSSR count). The van der Waals surface area contributed by atoms with Gasteiger partial charge in [0.2, 0.25) is 0 Å². The molecule has 1 aromatic heterocycles. The van der Waals surface area contributed by atoms with Crippen LogP contribution in [0.3, 0.4) is 0 Å². The maximum absolute atomic E-state index is 12.6. The molecule has 0 aromatic carbocycles. The molecule has 0 aliphatic carbocycles. The second kappa shape index (κ2) is 4.92. The van der Waals surface area contributed by atoms with E-state index in [4.69, 9.17) is 0 Å². The molecular formula is C16H25N3O. The average Bonchev–Trinajstić information content (AvgIpc) is 3.05. The van der Waals surface area contributed by atoms with Gasteiger partial charge in [-0.05, 0) is 46.2 Å². The van der Waals surface area contributed by atoms with Crippen molar-refractivity contribution >= 4 is 5.91 Å². The average molecular weight is 275 g/mol. The number of rotatable bonds is 1. The van der Waals surface area contributed by atoms with Crippen LogP contribution >= 0.6 is 0 Å². The molecule has 1 amide bonds. The molecule has 0 radical (unpaired) electrons. The molecule has 0 unspecified atom stereocenters. The fourth-order valence-corrected chi connectivity index (χ4v) is 3.30. The summed E-state index contributed by atoms with van der Waals surface area (Å²) >= 11 is 0. The van der Waals surface area contributed by atoms with Crippen molar-refractivity contribution in [2.75, 3.05) is 26.2 Å². The number of carbonyl (C=O) groups excluding carboxylic acids is 1. The topological polar surface area (TPSA) is 28.5 Å². The molecule has 0 spiro atoms. The van der Waals surface area contributed by atoms with Crippen LogP contribution in [0.5, 0.6) is 0 Å². The molecule has 20 heavy (non-hydrogen) atoms. The number of aromatic nitrogens is 1. The van der Waals surface area contributed by atoms with Crippen LogP contribution in [0, 0.1) is 0 Å². The Morgan fingerprint density at radius 1 is 1.25 bits per heavy atom. The van der Waals surface area contributed by atoms with Crippen molar-refractivity contribution in [1.29, 1.82) is 0 Å². The molecule has 4 nitrogen and oxygen atoms in total. The zero-order chi connectivity index (χ0) is 14.3. The van der Waals surface area contributed by atoms with E-state index in [1.807, 2.05) is 23.4 Å². The van der Waals surface area contributed by atoms with Gasteiger partial charge in [0, 0.05) is 43.6 Å². The highest BCUT2D eigenvalue weighted by atomic mass is 16.2. The highest BCUT2D eigenvalue weighted by Crippen LogP contribution is 2.23. The van der Waals surface area contributed by atoms with Gasteiger partial charge in [-0.15, -0.1) is 0 Å². The van der Waals surface area contributed by atoms with Gasteiger partial charge in [0.15, 0.2) is 0 Å². The number of piperazine rings is 1. The largest absolute Gasteiger partial charge is 0.348 e. The summed E-state index contributed by atoms with van der Waals surface area (Å²) in [5.74, 6) is 0.194. The minimum Gasteiger partial charge on any atom is -0.348 e. The van der Waals surface area contributed by atoms with Crippen LogP contribution in [0.25, 0.3) is 0 Å². The van der Waals surface area contributed by atoms with E-state index < -0.39 is 0 Å². The van der Waals surface area contributed by atoms with Crippen LogP contribution < -0.4 is 0 Å². The summed E-state index contributed by atoms with van der Waals surface area (Å²) in [5.41, 5.74) is 0.856. The number of amides is 1. The summed E-state index contributed by atoms with van der Waals surface area (Å²) < 4.78 is 2.12. The van der Waals surface area contributed by atoms with Gasteiger partial charge in [0.05, 0.1) is 5.56 Å². The standard InChI is InChI=1S/C16H25N3O/c1-16(2,3)19-8-6-13(11-19)15(20)18-10-9-17-7-4-5-14(17)12-18/h6,8,11,14H,4-5,7,9-10,12H2,1-3H3/t14-/m0/s1. The van der Waals surface area contributed by atoms with E-state index in [0.717, 1.165) is 25.2 Å². The predicted octanol–water partition coefficient (Wildman–Crippen LogP) is 2.16. The molecule has 3 heterocycles. The molecule has 2 saturated heterocycles. The fourth-order valence-electron chi connectivity index (χ4n) is 3.30. The molecule has 4 heteroatoms. The zero-order valence-corrected chi connectivity index (χ0v) is 12.8. The van der Waals surface area contributed by atoms with Crippen LogP contribution in [-0.4, -0.2) is 52.5 Å². The fraction of sp³-hybridized carbons (Fsp3) is 0.688. The quantitative estimate of drug-likeness (QED) is 0.786. The third-order valence-corrected chi connectivity index (χ3v) is 4.59. The lowest BCUT2D eigenvalue weighted by Gasteiger charge is -2.37. The smallest absolute Gasteiger partial charge is 0.255 e. The molecule has 0 bridgehead atoms. The number of fused-ring (bicyclic) bond motifs is 1. The third-order valence-electron chi connectivity index (χ3n) is 4.59. The molecule has 110 valence electrons. The van der Waals surface area contributed by atoms with Crippen molar-refractivity contribution in [1.82, 2.24) is 14.4 Å². The number of nitrogens with zero attached hydrogens (tertiary/aromatic N) is 3. The lowest BCUT2D eigenvalue weighted by atomic mass is 10.1. The van der Waals surface area contributed by atoms with Gasteiger partial charge in [0.1, 0.15) is 0 Å². The van der Waals surface area contributed by atoms with Crippen LogP contribution in [-0.2, 0) is 5.54 Å². The van der Waals surface area contributed by atoms with Crippen LogP contribution in [0.1, 0.15) is 44.0 Å². The molecule has 0 N–H and O–H groups in total. The van der Waals surface area contributed by atoms with Gasteiger partial charge >= 0.3 is 0 Å². The van der Waals surface area contributed by atoms with Crippen molar-refractivity contribution in [2.24, 2.45) is 0 Å². The Morgan fingerprint density at radius 3 is 2.75 bits per heavy atom. The Bertz CT molecular complexity index is 500. The van der Waals surface area contributed by atoms with E-state index in [1.54, 1.807) is 0 Å². The van der Waals surface area contributed by atoms with Gasteiger partial charge in [0.25, 0.3) is 5.91 Å². The maximum Gasteiger partial charge on any atom is 0.255 e. The summed E-state index contributed by atoms with van der Waals surface area (Å²) in [6.45, 7) is 10.5. The lowest BCUT2D eigenvalue weighted by Crippen LogP contribution is -2.52. The monoisotopic (exact) mass is 275 g/mol. The summed E-state index contributed by atoms with van der Waals surface area (Å²) in [6, 6.07) is 2.55. The molecule has 2 fully saturated rings. The lowest BCUT2D eigenvalue weighted by molar-refractivity contribution is 0.0571. The summed E-state index contributed by atoms with van der Waals surface area (Å²) in [4.78, 5) is 17.2. The Kier molecular flexibility index (Phi) is 3.36. The van der Waals surface area contributed by atoms with Crippen molar-refractivity contribution in [2.45, 2.75) is 45.2 Å². The predicted molar refractivity (Wildman–Crippen MR) is 79.9 cm³/mol. The Hall–Kier alpha value is -1.29. The van der Waals surface area contributed by atoms with Crippen LogP contribution in [0.2, 0.25) is 0 Å². The molecule has 1 aromatic rings. The van der Waals surface area contributed by atoms with E-state index in [9.17, 15) is 4.79 Å². The van der Waals surface area contributed by atoms with E-state index in [-0.39, 0.29) is 11.4 Å². The van der Waals surface area contributed by atoms with Gasteiger partial charge in [-0.1, -0.05) is 0 Å². The summed E-state index contributed by atoms with van der Waals surface area (Å²) in [6.07, 6.45) is 6.53. The summed E-state index contributed by atoms with van der Waals surface area (Å²) in [5, 5.41) is 0. The Morgan fingerprint density at radius 2 is 2.05 bits per heavy atom. The minimum absolute atomic E-state index is 0.0304. The van der Waals surface area contributed by atoms with Gasteiger partial charge in [-0.3, -0.25) is 9.69 Å². The second-order valence-electron chi connectivity index (χ2n) is 7.06. The van der Waals surface area contributed by atoms with Crippen molar-refractivity contribution in [3.8, 4) is 0 Å².